The lowest BCUT2D eigenvalue weighted by molar-refractivity contribution is -0.116. The van der Waals surface area contributed by atoms with Gasteiger partial charge in [0.25, 0.3) is 5.56 Å². The summed E-state index contributed by atoms with van der Waals surface area (Å²) in [5, 5.41) is 3.32. The lowest BCUT2D eigenvalue weighted by Gasteiger charge is -2.10. The molecule has 0 fully saturated rings. The first-order valence-corrected chi connectivity index (χ1v) is 8.99. The molecule has 7 heteroatoms. The van der Waals surface area contributed by atoms with E-state index < -0.39 is 0 Å². The van der Waals surface area contributed by atoms with Crippen molar-refractivity contribution >= 4 is 22.5 Å². The standard InChI is InChI=1S/C21H23N3O4/c1-14-6-4-7-15(10-14)23-20(25)8-5-9-24-13-22-17-12-19(28-3)18(27-2)11-16(17)21(24)26/h4,6-7,10-13H,5,8-9H2,1-3H3,(H,23,25). The Kier molecular flexibility index (Phi) is 5.93. The predicted octanol–water partition coefficient (Wildman–Crippen LogP) is 3.14. The molecule has 3 rings (SSSR count). The lowest BCUT2D eigenvalue weighted by Crippen LogP contribution is -2.22. The molecule has 0 aliphatic rings. The second-order valence-electron chi connectivity index (χ2n) is 6.49. The summed E-state index contributed by atoms with van der Waals surface area (Å²) in [5.41, 5.74) is 2.22. The number of amides is 1. The smallest absolute Gasteiger partial charge is 0.261 e. The number of methoxy groups -OCH3 is 2. The third-order valence-corrected chi connectivity index (χ3v) is 4.43. The molecule has 0 aliphatic heterocycles. The van der Waals surface area contributed by atoms with Gasteiger partial charge in [0, 0.05) is 24.7 Å². The molecule has 7 nitrogen and oxygen atoms in total. The Morgan fingerprint density at radius 1 is 1.14 bits per heavy atom. The van der Waals surface area contributed by atoms with E-state index in [4.69, 9.17) is 9.47 Å². The van der Waals surface area contributed by atoms with Gasteiger partial charge in [0.1, 0.15) is 0 Å². The Bertz CT molecular complexity index is 1060. The van der Waals surface area contributed by atoms with Crippen LogP contribution < -0.4 is 20.3 Å². The van der Waals surface area contributed by atoms with Crippen molar-refractivity contribution < 1.29 is 14.3 Å². The van der Waals surface area contributed by atoms with E-state index in [0.29, 0.717) is 41.8 Å². The number of aromatic nitrogens is 2. The Morgan fingerprint density at radius 2 is 1.89 bits per heavy atom. The van der Waals surface area contributed by atoms with Crippen LogP contribution >= 0.6 is 0 Å². The molecule has 0 atom stereocenters. The third kappa shape index (κ3) is 4.31. The number of aryl methyl sites for hydroxylation is 2. The number of carbonyl (C=O) groups is 1. The van der Waals surface area contributed by atoms with Crippen molar-refractivity contribution in [3.05, 3.63) is 58.6 Å². The van der Waals surface area contributed by atoms with Gasteiger partial charge >= 0.3 is 0 Å². The van der Waals surface area contributed by atoms with Crippen LogP contribution in [0.5, 0.6) is 11.5 Å². The van der Waals surface area contributed by atoms with E-state index in [9.17, 15) is 9.59 Å². The zero-order valence-corrected chi connectivity index (χ0v) is 16.2. The van der Waals surface area contributed by atoms with E-state index in [1.54, 1.807) is 12.1 Å². The highest BCUT2D eigenvalue weighted by molar-refractivity contribution is 5.90. The summed E-state index contributed by atoms with van der Waals surface area (Å²) in [6.07, 6.45) is 2.33. The quantitative estimate of drug-likeness (QED) is 0.680. The van der Waals surface area contributed by atoms with E-state index >= 15 is 0 Å². The minimum Gasteiger partial charge on any atom is -0.493 e. The number of fused-ring (bicyclic) bond motifs is 1. The number of anilines is 1. The average molecular weight is 381 g/mol. The van der Waals surface area contributed by atoms with E-state index in [1.807, 2.05) is 31.2 Å². The molecule has 3 aromatic rings. The van der Waals surface area contributed by atoms with Crippen LogP contribution in [0.15, 0.2) is 47.5 Å². The predicted molar refractivity (Wildman–Crippen MR) is 108 cm³/mol. The Hall–Kier alpha value is -3.35. The van der Waals surface area contributed by atoms with Crippen molar-refractivity contribution in [2.75, 3.05) is 19.5 Å². The maximum absolute atomic E-state index is 12.7. The van der Waals surface area contributed by atoms with Crippen LogP contribution in [0.1, 0.15) is 18.4 Å². The van der Waals surface area contributed by atoms with Crippen LogP contribution in [0.3, 0.4) is 0 Å². The number of ether oxygens (including phenoxy) is 2. The number of hydrogen-bond donors (Lipinski definition) is 1. The van der Waals surface area contributed by atoms with Crippen molar-refractivity contribution in [1.82, 2.24) is 9.55 Å². The first kappa shape index (κ1) is 19.4. The van der Waals surface area contributed by atoms with Gasteiger partial charge in [-0.1, -0.05) is 12.1 Å². The van der Waals surface area contributed by atoms with Crippen LogP contribution in [0, 0.1) is 6.92 Å². The molecule has 0 aliphatic carbocycles. The van der Waals surface area contributed by atoms with E-state index in [0.717, 1.165) is 11.3 Å². The Morgan fingerprint density at radius 3 is 2.61 bits per heavy atom. The number of nitrogens with zero attached hydrogens (tertiary/aromatic N) is 2. The highest BCUT2D eigenvalue weighted by atomic mass is 16.5. The van der Waals surface area contributed by atoms with Crippen LogP contribution in [0.4, 0.5) is 5.69 Å². The molecule has 1 N–H and O–H groups in total. The summed E-state index contributed by atoms with van der Waals surface area (Å²) < 4.78 is 12.0. The van der Waals surface area contributed by atoms with Gasteiger partial charge in [0.15, 0.2) is 11.5 Å². The van der Waals surface area contributed by atoms with Crippen LogP contribution in [0.25, 0.3) is 10.9 Å². The molecule has 0 spiro atoms. The summed E-state index contributed by atoms with van der Waals surface area (Å²) in [6.45, 7) is 2.37. The van der Waals surface area contributed by atoms with Gasteiger partial charge in [0.2, 0.25) is 5.91 Å². The molecule has 2 aromatic carbocycles. The molecule has 0 saturated heterocycles. The summed E-state index contributed by atoms with van der Waals surface area (Å²) in [7, 11) is 3.05. The minimum absolute atomic E-state index is 0.0844. The van der Waals surface area contributed by atoms with Gasteiger partial charge in [-0.15, -0.1) is 0 Å². The summed E-state index contributed by atoms with van der Waals surface area (Å²) in [4.78, 5) is 29.2. The summed E-state index contributed by atoms with van der Waals surface area (Å²) in [6, 6.07) is 10.9. The van der Waals surface area contributed by atoms with Crippen LogP contribution in [-0.2, 0) is 11.3 Å². The normalized spacial score (nSPS) is 10.7. The van der Waals surface area contributed by atoms with E-state index in [1.165, 1.54) is 25.1 Å². The van der Waals surface area contributed by atoms with Crippen molar-refractivity contribution in [3.63, 3.8) is 0 Å². The maximum atomic E-state index is 12.7. The minimum atomic E-state index is -0.176. The Balaban J connectivity index is 1.68. The van der Waals surface area contributed by atoms with E-state index in [2.05, 4.69) is 10.3 Å². The second kappa shape index (κ2) is 8.56. The molecule has 0 unspecified atom stereocenters. The first-order chi connectivity index (χ1) is 13.5. The maximum Gasteiger partial charge on any atom is 0.261 e. The van der Waals surface area contributed by atoms with Gasteiger partial charge in [-0.3, -0.25) is 14.2 Å². The van der Waals surface area contributed by atoms with Crippen molar-refractivity contribution in [2.24, 2.45) is 0 Å². The number of benzene rings is 2. The Labute approximate surface area is 162 Å². The lowest BCUT2D eigenvalue weighted by atomic mass is 10.2. The fourth-order valence-electron chi connectivity index (χ4n) is 3.00. The fraction of sp³-hybridized carbons (Fsp3) is 0.286. The topological polar surface area (TPSA) is 82.5 Å². The van der Waals surface area contributed by atoms with Crippen molar-refractivity contribution in [2.45, 2.75) is 26.3 Å². The molecule has 1 amide bonds. The van der Waals surface area contributed by atoms with Crippen molar-refractivity contribution in [1.29, 1.82) is 0 Å². The molecule has 0 radical (unpaired) electrons. The first-order valence-electron chi connectivity index (χ1n) is 8.99. The second-order valence-corrected chi connectivity index (χ2v) is 6.49. The number of rotatable bonds is 7. The largest absolute Gasteiger partial charge is 0.493 e. The number of nitrogens with one attached hydrogen (secondary N) is 1. The molecule has 1 aromatic heterocycles. The van der Waals surface area contributed by atoms with Crippen LogP contribution in [0.2, 0.25) is 0 Å². The average Bonchev–Trinajstić information content (AvgIpc) is 2.69. The number of hydrogen-bond acceptors (Lipinski definition) is 5. The zero-order valence-electron chi connectivity index (χ0n) is 16.2. The third-order valence-electron chi connectivity index (χ3n) is 4.43. The van der Waals surface area contributed by atoms with Gasteiger partial charge in [-0.2, -0.15) is 0 Å². The molecule has 0 saturated carbocycles. The molecule has 28 heavy (non-hydrogen) atoms. The highest BCUT2D eigenvalue weighted by Gasteiger charge is 2.11. The summed E-state index contributed by atoms with van der Waals surface area (Å²) >= 11 is 0. The van der Waals surface area contributed by atoms with Crippen LogP contribution in [-0.4, -0.2) is 29.7 Å². The SMILES string of the molecule is COc1cc2ncn(CCCC(=O)Nc3cccc(C)c3)c(=O)c2cc1OC. The van der Waals surface area contributed by atoms with Gasteiger partial charge in [-0.25, -0.2) is 4.98 Å². The highest BCUT2D eigenvalue weighted by Crippen LogP contribution is 2.29. The van der Waals surface area contributed by atoms with Gasteiger partial charge in [0.05, 0.1) is 31.4 Å². The fourth-order valence-corrected chi connectivity index (χ4v) is 3.00. The van der Waals surface area contributed by atoms with Crippen molar-refractivity contribution in [3.8, 4) is 11.5 Å². The zero-order chi connectivity index (χ0) is 20.1. The molecule has 146 valence electrons. The monoisotopic (exact) mass is 381 g/mol. The molecule has 0 bridgehead atoms. The summed E-state index contributed by atoms with van der Waals surface area (Å²) in [5.74, 6) is 0.912. The molecular weight excluding hydrogens is 358 g/mol. The van der Waals surface area contributed by atoms with Gasteiger partial charge in [-0.05, 0) is 37.1 Å². The number of carbonyl (C=O) groups excluding carboxylic acids is 1. The van der Waals surface area contributed by atoms with Gasteiger partial charge < -0.3 is 14.8 Å². The molecule has 1 heterocycles. The van der Waals surface area contributed by atoms with E-state index in [-0.39, 0.29) is 11.5 Å². The molecular formula is C21H23N3O4.